The third kappa shape index (κ3) is 3.54. The summed E-state index contributed by atoms with van der Waals surface area (Å²) in [5, 5.41) is 13.4. The highest BCUT2D eigenvalue weighted by atomic mass is 15.1. The van der Waals surface area contributed by atoms with E-state index in [1.54, 1.807) is 0 Å². The highest BCUT2D eigenvalue weighted by Crippen LogP contribution is 2.40. The number of nitrogens with zero attached hydrogens (tertiary/aromatic N) is 2. The lowest BCUT2D eigenvalue weighted by Gasteiger charge is -2.33. The van der Waals surface area contributed by atoms with E-state index in [1.807, 2.05) is 0 Å². The van der Waals surface area contributed by atoms with Gasteiger partial charge in [-0.3, -0.25) is 5.32 Å². The minimum atomic E-state index is -0.212. The fourth-order valence-corrected chi connectivity index (χ4v) is 3.70. The summed E-state index contributed by atoms with van der Waals surface area (Å²) in [5.74, 6) is 0.547. The van der Waals surface area contributed by atoms with Crippen molar-refractivity contribution in [1.82, 2.24) is 10.2 Å². The maximum atomic E-state index is 9.72. The average molecular weight is 277 g/mol. The maximum Gasteiger partial charge on any atom is 0.109 e. The van der Waals surface area contributed by atoms with Crippen molar-refractivity contribution >= 4 is 0 Å². The Morgan fingerprint density at radius 3 is 2.65 bits per heavy atom. The van der Waals surface area contributed by atoms with E-state index in [0.717, 1.165) is 19.5 Å². The lowest BCUT2D eigenvalue weighted by molar-refractivity contribution is 0.183. The molecule has 2 fully saturated rings. The van der Waals surface area contributed by atoms with E-state index < -0.39 is 0 Å². The SMILES string of the molecule is CCC(C)N(CC)CCC1CCCC1(C#N)NC1CC1. The molecule has 3 nitrogen and oxygen atoms in total. The summed E-state index contributed by atoms with van der Waals surface area (Å²) in [6.45, 7) is 9.10. The van der Waals surface area contributed by atoms with Crippen LogP contribution in [0.5, 0.6) is 0 Å². The third-order valence-electron chi connectivity index (χ3n) is 5.44. The lowest BCUT2D eigenvalue weighted by Crippen LogP contribution is -2.49. The van der Waals surface area contributed by atoms with Crippen LogP contribution < -0.4 is 5.32 Å². The summed E-state index contributed by atoms with van der Waals surface area (Å²) in [5.41, 5.74) is -0.212. The Balaban J connectivity index is 1.91. The zero-order valence-corrected chi connectivity index (χ0v) is 13.5. The highest BCUT2D eigenvalue weighted by Gasteiger charge is 2.45. The molecule has 3 heteroatoms. The van der Waals surface area contributed by atoms with Gasteiger partial charge in [0, 0.05) is 12.1 Å². The molecule has 0 bridgehead atoms. The van der Waals surface area contributed by atoms with Crippen molar-refractivity contribution in [2.24, 2.45) is 5.92 Å². The van der Waals surface area contributed by atoms with Gasteiger partial charge < -0.3 is 4.90 Å². The van der Waals surface area contributed by atoms with Crippen molar-refractivity contribution < 1.29 is 0 Å². The molecule has 0 radical (unpaired) electrons. The number of rotatable bonds is 8. The number of hydrogen-bond acceptors (Lipinski definition) is 3. The standard InChI is InChI=1S/C17H31N3/c1-4-14(3)20(5-2)12-10-15-7-6-11-17(15,13-18)19-16-8-9-16/h14-16,19H,4-12H2,1-3H3. The highest BCUT2D eigenvalue weighted by molar-refractivity contribution is 5.16. The van der Waals surface area contributed by atoms with Gasteiger partial charge in [0.2, 0.25) is 0 Å². The molecule has 0 heterocycles. The normalized spacial score (nSPS) is 31.4. The first-order valence-corrected chi connectivity index (χ1v) is 8.58. The second-order valence-corrected chi connectivity index (χ2v) is 6.77. The second-order valence-electron chi connectivity index (χ2n) is 6.77. The molecule has 0 saturated heterocycles. The summed E-state index contributed by atoms with van der Waals surface area (Å²) in [6.07, 6.45) is 8.42. The fraction of sp³-hybridized carbons (Fsp3) is 0.941. The predicted molar refractivity (Wildman–Crippen MR) is 83.5 cm³/mol. The Bertz CT molecular complexity index is 345. The van der Waals surface area contributed by atoms with Crippen LogP contribution in [-0.2, 0) is 0 Å². The van der Waals surface area contributed by atoms with Crippen LogP contribution in [0.4, 0.5) is 0 Å². The fourth-order valence-electron chi connectivity index (χ4n) is 3.70. The van der Waals surface area contributed by atoms with Gasteiger partial charge in [0.1, 0.15) is 5.54 Å². The molecule has 2 aliphatic carbocycles. The van der Waals surface area contributed by atoms with Crippen LogP contribution in [0, 0.1) is 17.2 Å². The molecule has 2 aliphatic rings. The van der Waals surface area contributed by atoms with Gasteiger partial charge in [-0.05, 0) is 64.5 Å². The molecule has 20 heavy (non-hydrogen) atoms. The van der Waals surface area contributed by atoms with Crippen molar-refractivity contribution in [3.8, 4) is 6.07 Å². The summed E-state index contributed by atoms with van der Waals surface area (Å²) in [6, 6.07) is 3.95. The molecule has 0 spiro atoms. The van der Waals surface area contributed by atoms with Crippen LogP contribution in [0.3, 0.4) is 0 Å². The summed E-state index contributed by atoms with van der Waals surface area (Å²) in [7, 11) is 0. The smallest absolute Gasteiger partial charge is 0.109 e. The first-order chi connectivity index (χ1) is 9.65. The maximum absolute atomic E-state index is 9.72. The molecular weight excluding hydrogens is 246 g/mol. The minimum Gasteiger partial charge on any atom is -0.301 e. The predicted octanol–water partition coefficient (Wildman–Crippen LogP) is 3.31. The van der Waals surface area contributed by atoms with Crippen molar-refractivity contribution in [2.45, 2.75) is 83.3 Å². The molecule has 3 unspecified atom stereocenters. The Morgan fingerprint density at radius 2 is 2.10 bits per heavy atom. The summed E-state index contributed by atoms with van der Waals surface area (Å²) < 4.78 is 0. The van der Waals surface area contributed by atoms with E-state index >= 15 is 0 Å². The third-order valence-corrected chi connectivity index (χ3v) is 5.44. The lowest BCUT2D eigenvalue weighted by atomic mass is 9.85. The molecule has 3 atom stereocenters. The van der Waals surface area contributed by atoms with Gasteiger partial charge in [0.15, 0.2) is 0 Å². The zero-order chi connectivity index (χ0) is 14.6. The molecule has 2 rings (SSSR count). The van der Waals surface area contributed by atoms with Crippen LogP contribution in [0.15, 0.2) is 0 Å². The van der Waals surface area contributed by atoms with E-state index in [0.29, 0.717) is 18.0 Å². The summed E-state index contributed by atoms with van der Waals surface area (Å²) >= 11 is 0. The molecule has 0 aliphatic heterocycles. The van der Waals surface area contributed by atoms with Gasteiger partial charge in [0.25, 0.3) is 0 Å². The Morgan fingerprint density at radius 1 is 1.35 bits per heavy atom. The largest absolute Gasteiger partial charge is 0.301 e. The second kappa shape index (κ2) is 6.91. The van der Waals surface area contributed by atoms with Crippen molar-refractivity contribution in [3.05, 3.63) is 0 Å². The van der Waals surface area contributed by atoms with Gasteiger partial charge >= 0.3 is 0 Å². The number of nitrogens with one attached hydrogen (secondary N) is 1. The molecule has 1 N–H and O–H groups in total. The Hall–Kier alpha value is -0.590. The molecule has 0 aromatic heterocycles. The molecule has 0 aromatic carbocycles. The van der Waals surface area contributed by atoms with Gasteiger partial charge in [-0.2, -0.15) is 5.26 Å². The van der Waals surface area contributed by atoms with Gasteiger partial charge in [0.05, 0.1) is 6.07 Å². The Kier molecular flexibility index (Phi) is 5.46. The van der Waals surface area contributed by atoms with E-state index in [-0.39, 0.29) is 5.54 Å². The number of nitriles is 1. The minimum absolute atomic E-state index is 0.212. The number of hydrogen-bond donors (Lipinski definition) is 1. The van der Waals surface area contributed by atoms with E-state index in [1.165, 1.54) is 38.5 Å². The van der Waals surface area contributed by atoms with E-state index in [2.05, 4.69) is 37.1 Å². The molecular formula is C17H31N3. The average Bonchev–Trinajstić information content (AvgIpc) is 3.19. The zero-order valence-electron chi connectivity index (χ0n) is 13.5. The molecule has 2 saturated carbocycles. The van der Waals surface area contributed by atoms with Crippen LogP contribution in [-0.4, -0.2) is 35.6 Å². The van der Waals surface area contributed by atoms with Crippen LogP contribution in [0.1, 0.15) is 65.7 Å². The first-order valence-electron chi connectivity index (χ1n) is 8.58. The topological polar surface area (TPSA) is 39.1 Å². The van der Waals surface area contributed by atoms with E-state index in [9.17, 15) is 5.26 Å². The van der Waals surface area contributed by atoms with Gasteiger partial charge in [-0.1, -0.05) is 20.3 Å². The van der Waals surface area contributed by atoms with Crippen molar-refractivity contribution in [3.63, 3.8) is 0 Å². The van der Waals surface area contributed by atoms with Crippen LogP contribution >= 0.6 is 0 Å². The molecule has 114 valence electrons. The first kappa shape index (κ1) is 15.8. The van der Waals surface area contributed by atoms with Gasteiger partial charge in [-0.15, -0.1) is 0 Å². The molecule has 0 aromatic rings. The van der Waals surface area contributed by atoms with Crippen LogP contribution in [0.2, 0.25) is 0 Å². The summed E-state index contributed by atoms with van der Waals surface area (Å²) in [4.78, 5) is 2.57. The van der Waals surface area contributed by atoms with Crippen molar-refractivity contribution in [1.29, 1.82) is 5.26 Å². The van der Waals surface area contributed by atoms with Gasteiger partial charge in [-0.25, -0.2) is 0 Å². The van der Waals surface area contributed by atoms with Crippen molar-refractivity contribution in [2.75, 3.05) is 13.1 Å². The molecule has 0 amide bonds. The quantitative estimate of drug-likeness (QED) is 0.740. The Labute approximate surface area is 124 Å². The monoisotopic (exact) mass is 277 g/mol. The van der Waals surface area contributed by atoms with Crippen LogP contribution in [0.25, 0.3) is 0 Å². The van der Waals surface area contributed by atoms with E-state index in [4.69, 9.17) is 0 Å².